The molecule has 0 radical (unpaired) electrons. The van der Waals surface area contributed by atoms with Crippen LogP contribution >= 0.6 is 0 Å². The van der Waals surface area contributed by atoms with Crippen LogP contribution in [0.1, 0.15) is 38.5 Å². The molecule has 2 saturated heterocycles. The molecule has 110 valence electrons. The normalized spacial score (nSPS) is 23.4. The molecule has 0 aromatic heterocycles. The first-order valence-corrected chi connectivity index (χ1v) is 7.85. The fraction of sp³-hybridized carbons (Fsp3) is 0.933. The molecule has 2 rings (SSSR count). The summed E-state index contributed by atoms with van der Waals surface area (Å²) in [4.78, 5) is 12.8. The number of amides is 1. The maximum atomic E-state index is 10.2. The van der Waals surface area contributed by atoms with Crippen molar-refractivity contribution < 1.29 is 9.53 Å². The van der Waals surface area contributed by atoms with Gasteiger partial charge in [-0.05, 0) is 70.0 Å². The quantitative estimate of drug-likeness (QED) is 0.564. The lowest BCUT2D eigenvalue weighted by Gasteiger charge is -2.33. The predicted octanol–water partition coefficient (Wildman–Crippen LogP) is 1.65. The average molecular weight is 268 g/mol. The van der Waals surface area contributed by atoms with Crippen LogP contribution in [-0.4, -0.2) is 50.7 Å². The van der Waals surface area contributed by atoms with Crippen molar-refractivity contribution >= 4 is 6.41 Å². The molecule has 2 aliphatic heterocycles. The van der Waals surface area contributed by atoms with E-state index in [1.54, 1.807) is 0 Å². The van der Waals surface area contributed by atoms with Gasteiger partial charge in [0.2, 0.25) is 6.41 Å². The van der Waals surface area contributed by atoms with Gasteiger partial charge in [-0.25, -0.2) is 0 Å². The lowest BCUT2D eigenvalue weighted by atomic mass is 9.92. The zero-order valence-corrected chi connectivity index (χ0v) is 12.0. The van der Waals surface area contributed by atoms with Crippen LogP contribution in [0, 0.1) is 11.8 Å². The summed E-state index contributed by atoms with van der Waals surface area (Å²) in [6.45, 7) is 6.54. The van der Waals surface area contributed by atoms with Gasteiger partial charge in [0.1, 0.15) is 0 Å². The first-order valence-electron chi connectivity index (χ1n) is 7.85. The number of likely N-dealkylation sites (tertiary alicyclic amines) is 1. The van der Waals surface area contributed by atoms with Gasteiger partial charge < -0.3 is 15.0 Å². The summed E-state index contributed by atoms with van der Waals surface area (Å²) in [5.41, 5.74) is 0. The fourth-order valence-electron chi connectivity index (χ4n) is 3.25. The summed E-state index contributed by atoms with van der Waals surface area (Å²) in [6.07, 6.45) is 8.42. The van der Waals surface area contributed by atoms with E-state index in [2.05, 4.69) is 10.2 Å². The summed E-state index contributed by atoms with van der Waals surface area (Å²) in [7, 11) is 0. The van der Waals surface area contributed by atoms with E-state index in [4.69, 9.17) is 4.74 Å². The van der Waals surface area contributed by atoms with Gasteiger partial charge >= 0.3 is 0 Å². The molecule has 0 unspecified atom stereocenters. The van der Waals surface area contributed by atoms with Crippen LogP contribution in [0.3, 0.4) is 0 Å². The van der Waals surface area contributed by atoms with Gasteiger partial charge in [0.25, 0.3) is 0 Å². The monoisotopic (exact) mass is 268 g/mol. The van der Waals surface area contributed by atoms with Crippen molar-refractivity contribution in [1.82, 2.24) is 10.2 Å². The van der Waals surface area contributed by atoms with E-state index in [0.717, 1.165) is 44.4 Å². The SMILES string of the molecule is O=CNCCC1CCN(CCC2CCOCC2)CC1. The molecule has 0 aromatic carbocycles. The summed E-state index contributed by atoms with van der Waals surface area (Å²) in [5, 5.41) is 2.77. The molecule has 0 bridgehead atoms. The Bertz CT molecular complexity index is 247. The Labute approximate surface area is 116 Å². The number of carbonyl (C=O) groups excluding carboxylic acids is 1. The highest BCUT2D eigenvalue weighted by Crippen LogP contribution is 2.23. The van der Waals surface area contributed by atoms with Crippen molar-refractivity contribution in [2.75, 3.05) is 39.4 Å². The van der Waals surface area contributed by atoms with E-state index in [9.17, 15) is 4.79 Å². The largest absolute Gasteiger partial charge is 0.381 e. The smallest absolute Gasteiger partial charge is 0.207 e. The van der Waals surface area contributed by atoms with Crippen molar-refractivity contribution in [3.05, 3.63) is 0 Å². The minimum Gasteiger partial charge on any atom is -0.381 e. The summed E-state index contributed by atoms with van der Waals surface area (Å²) >= 11 is 0. The second-order valence-corrected chi connectivity index (χ2v) is 5.99. The topological polar surface area (TPSA) is 41.6 Å². The summed E-state index contributed by atoms with van der Waals surface area (Å²) < 4.78 is 5.41. The number of nitrogens with zero attached hydrogens (tertiary/aromatic N) is 1. The molecular formula is C15H28N2O2. The number of carbonyl (C=O) groups is 1. The third-order valence-corrected chi connectivity index (χ3v) is 4.68. The molecule has 19 heavy (non-hydrogen) atoms. The van der Waals surface area contributed by atoms with Gasteiger partial charge in [-0.15, -0.1) is 0 Å². The van der Waals surface area contributed by atoms with E-state index in [-0.39, 0.29) is 0 Å². The minimum absolute atomic E-state index is 0.809. The van der Waals surface area contributed by atoms with Gasteiger partial charge in [0.15, 0.2) is 0 Å². The Morgan fingerprint density at radius 2 is 1.74 bits per heavy atom. The summed E-state index contributed by atoms with van der Waals surface area (Å²) in [5.74, 6) is 1.70. The number of piperidine rings is 1. The van der Waals surface area contributed by atoms with Crippen molar-refractivity contribution in [2.45, 2.75) is 38.5 Å². The number of hydrogen-bond donors (Lipinski definition) is 1. The van der Waals surface area contributed by atoms with Gasteiger partial charge in [0, 0.05) is 19.8 Å². The third kappa shape index (κ3) is 5.49. The third-order valence-electron chi connectivity index (χ3n) is 4.68. The van der Waals surface area contributed by atoms with Crippen molar-refractivity contribution in [3.8, 4) is 0 Å². The average Bonchev–Trinajstić information content (AvgIpc) is 2.48. The lowest BCUT2D eigenvalue weighted by Crippen LogP contribution is -2.36. The van der Waals surface area contributed by atoms with Crippen LogP contribution < -0.4 is 5.32 Å². The van der Waals surface area contributed by atoms with Crippen LogP contribution in [0.5, 0.6) is 0 Å². The highest BCUT2D eigenvalue weighted by molar-refractivity contribution is 5.45. The molecule has 1 N–H and O–H groups in total. The molecule has 0 aliphatic carbocycles. The fourth-order valence-corrected chi connectivity index (χ4v) is 3.25. The standard InChI is InChI=1S/C15H28N2O2/c18-13-16-7-1-14-2-8-17(9-3-14)10-4-15-5-11-19-12-6-15/h13-15H,1-12H2,(H,16,18). The Hall–Kier alpha value is -0.610. The molecular weight excluding hydrogens is 240 g/mol. The molecule has 0 atom stereocenters. The van der Waals surface area contributed by atoms with Crippen LogP contribution in [0.4, 0.5) is 0 Å². The zero-order valence-electron chi connectivity index (χ0n) is 12.0. The molecule has 4 heteroatoms. The van der Waals surface area contributed by atoms with Crippen LogP contribution in [0.15, 0.2) is 0 Å². The van der Waals surface area contributed by atoms with E-state index in [1.165, 1.54) is 51.7 Å². The molecule has 2 fully saturated rings. The summed E-state index contributed by atoms with van der Waals surface area (Å²) in [6, 6.07) is 0. The highest BCUT2D eigenvalue weighted by Gasteiger charge is 2.20. The molecule has 0 saturated carbocycles. The van der Waals surface area contributed by atoms with Crippen molar-refractivity contribution in [1.29, 1.82) is 0 Å². The predicted molar refractivity (Wildman–Crippen MR) is 76.0 cm³/mol. The Kier molecular flexibility index (Phi) is 6.65. The van der Waals surface area contributed by atoms with Gasteiger partial charge in [-0.1, -0.05) is 0 Å². The number of rotatable bonds is 7. The Morgan fingerprint density at radius 1 is 1.05 bits per heavy atom. The molecule has 0 spiro atoms. The second kappa shape index (κ2) is 8.54. The van der Waals surface area contributed by atoms with E-state index in [1.807, 2.05) is 0 Å². The first kappa shape index (κ1) is 14.8. The molecule has 4 nitrogen and oxygen atoms in total. The van der Waals surface area contributed by atoms with Crippen LogP contribution in [0.25, 0.3) is 0 Å². The lowest BCUT2D eigenvalue weighted by molar-refractivity contribution is -0.109. The zero-order chi connectivity index (χ0) is 13.3. The van der Waals surface area contributed by atoms with Gasteiger partial charge in [-0.3, -0.25) is 4.79 Å². The number of hydrogen-bond acceptors (Lipinski definition) is 3. The Morgan fingerprint density at radius 3 is 2.42 bits per heavy atom. The maximum absolute atomic E-state index is 10.2. The van der Waals surface area contributed by atoms with Gasteiger partial charge in [-0.2, -0.15) is 0 Å². The van der Waals surface area contributed by atoms with E-state index < -0.39 is 0 Å². The molecule has 0 aromatic rings. The first-order chi connectivity index (χ1) is 9.38. The van der Waals surface area contributed by atoms with Crippen molar-refractivity contribution in [2.24, 2.45) is 11.8 Å². The van der Waals surface area contributed by atoms with E-state index in [0.29, 0.717) is 0 Å². The molecule has 1 amide bonds. The number of ether oxygens (including phenoxy) is 1. The van der Waals surface area contributed by atoms with Gasteiger partial charge in [0.05, 0.1) is 0 Å². The Balaban J connectivity index is 1.54. The molecule has 2 aliphatic rings. The highest BCUT2D eigenvalue weighted by atomic mass is 16.5. The maximum Gasteiger partial charge on any atom is 0.207 e. The van der Waals surface area contributed by atoms with Crippen LogP contribution in [0.2, 0.25) is 0 Å². The molecule has 2 heterocycles. The van der Waals surface area contributed by atoms with E-state index >= 15 is 0 Å². The number of nitrogens with one attached hydrogen (secondary N) is 1. The van der Waals surface area contributed by atoms with Crippen LogP contribution in [-0.2, 0) is 9.53 Å². The second-order valence-electron chi connectivity index (χ2n) is 5.99. The minimum atomic E-state index is 0.809. The van der Waals surface area contributed by atoms with Crippen molar-refractivity contribution in [3.63, 3.8) is 0 Å².